The number of hydrogen-bond donors (Lipinski definition) is 0. The van der Waals surface area contributed by atoms with E-state index in [1.165, 1.54) is 12.5 Å². The monoisotopic (exact) mass is 344 g/mol. The third-order valence-corrected chi connectivity index (χ3v) is 4.83. The predicted octanol–water partition coefficient (Wildman–Crippen LogP) is 5.39. The summed E-state index contributed by atoms with van der Waals surface area (Å²) in [6.45, 7) is 2.12. The second kappa shape index (κ2) is 7.11. The number of ether oxygens (including phenoxy) is 3. The molecule has 0 atom stereocenters. The molecule has 2 saturated carbocycles. The molecule has 0 spiro atoms. The number of hydrogen-bond acceptors (Lipinski definition) is 3. The molecule has 0 heterocycles. The molecular formula is C18H23F3O3. The van der Waals surface area contributed by atoms with Crippen LogP contribution in [0.1, 0.15) is 50.5 Å². The highest BCUT2D eigenvalue weighted by Gasteiger charge is 2.34. The molecule has 1 aromatic rings. The quantitative estimate of drug-likeness (QED) is 0.692. The average molecular weight is 344 g/mol. The van der Waals surface area contributed by atoms with Crippen molar-refractivity contribution >= 4 is 0 Å². The molecule has 134 valence electrons. The van der Waals surface area contributed by atoms with Crippen LogP contribution in [0.2, 0.25) is 0 Å². The van der Waals surface area contributed by atoms with E-state index in [0.29, 0.717) is 23.8 Å². The summed E-state index contributed by atoms with van der Waals surface area (Å²) in [5.74, 6) is 0.805. The van der Waals surface area contributed by atoms with Crippen molar-refractivity contribution in [2.24, 2.45) is 5.92 Å². The van der Waals surface area contributed by atoms with E-state index in [4.69, 9.17) is 9.47 Å². The van der Waals surface area contributed by atoms with Crippen LogP contribution in [0.4, 0.5) is 13.2 Å². The first-order valence-electron chi connectivity index (χ1n) is 8.61. The predicted molar refractivity (Wildman–Crippen MR) is 83.6 cm³/mol. The van der Waals surface area contributed by atoms with Gasteiger partial charge in [0.05, 0.1) is 12.7 Å². The van der Waals surface area contributed by atoms with Gasteiger partial charge in [0.15, 0.2) is 11.5 Å². The maximum absolute atomic E-state index is 12.8. The van der Waals surface area contributed by atoms with Gasteiger partial charge in [0.1, 0.15) is 5.75 Å². The minimum Gasteiger partial charge on any atom is -0.493 e. The maximum Gasteiger partial charge on any atom is 0.573 e. The highest BCUT2D eigenvalue weighted by molar-refractivity contribution is 5.53. The van der Waals surface area contributed by atoms with E-state index in [2.05, 4.69) is 4.74 Å². The summed E-state index contributed by atoms with van der Waals surface area (Å²) < 4.78 is 54.2. The Balaban J connectivity index is 1.79. The normalized spacial score (nSPS) is 19.2. The zero-order valence-electron chi connectivity index (χ0n) is 13.8. The minimum absolute atomic E-state index is 0.0401. The van der Waals surface area contributed by atoms with Crippen LogP contribution in [0.5, 0.6) is 17.2 Å². The van der Waals surface area contributed by atoms with E-state index < -0.39 is 6.36 Å². The van der Waals surface area contributed by atoms with Crippen LogP contribution in [-0.2, 0) is 0 Å². The molecular weight excluding hydrogens is 321 g/mol. The van der Waals surface area contributed by atoms with E-state index in [-0.39, 0.29) is 17.6 Å². The van der Waals surface area contributed by atoms with E-state index in [1.807, 2.05) is 0 Å². The summed E-state index contributed by atoms with van der Waals surface area (Å²) in [7, 11) is 0. The molecule has 2 aliphatic rings. The van der Waals surface area contributed by atoms with Gasteiger partial charge < -0.3 is 14.2 Å². The third-order valence-electron chi connectivity index (χ3n) is 4.83. The van der Waals surface area contributed by atoms with Crippen molar-refractivity contribution in [2.45, 2.75) is 64.3 Å². The Bertz CT molecular complexity index is 561. The Morgan fingerprint density at radius 1 is 1.00 bits per heavy atom. The smallest absolute Gasteiger partial charge is 0.493 e. The van der Waals surface area contributed by atoms with Gasteiger partial charge in [-0.25, -0.2) is 0 Å². The van der Waals surface area contributed by atoms with Gasteiger partial charge in [-0.3, -0.25) is 0 Å². The van der Waals surface area contributed by atoms with Gasteiger partial charge in [-0.15, -0.1) is 13.2 Å². The van der Waals surface area contributed by atoms with E-state index in [0.717, 1.165) is 38.5 Å². The molecule has 0 unspecified atom stereocenters. The lowest BCUT2D eigenvalue weighted by atomic mass is 9.86. The number of benzene rings is 1. The molecule has 2 aliphatic carbocycles. The zero-order chi connectivity index (χ0) is 17.2. The molecule has 0 radical (unpaired) electrons. The molecule has 3 nitrogen and oxygen atoms in total. The molecule has 24 heavy (non-hydrogen) atoms. The first kappa shape index (κ1) is 17.2. The van der Waals surface area contributed by atoms with Crippen LogP contribution in [-0.4, -0.2) is 19.1 Å². The number of rotatable bonds is 6. The van der Waals surface area contributed by atoms with Gasteiger partial charge in [0, 0.05) is 5.56 Å². The largest absolute Gasteiger partial charge is 0.573 e. The van der Waals surface area contributed by atoms with Crippen molar-refractivity contribution in [2.75, 3.05) is 6.61 Å². The van der Waals surface area contributed by atoms with Crippen LogP contribution >= 0.6 is 0 Å². The first-order chi connectivity index (χ1) is 11.4. The number of halogens is 3. The van der Waals surface area contributed by atoms with Crippen molar-refractivity contribution in [3.63, 3.8) is 0 Å². The van der Waals surface area contributed by atoms with Gasteiger partial charge in [0.2, 0.25) is 0 Å². The van der Waals surface area contributed by atoms with E-state index >= 15 is 0 Å². The highest BCUT2D eigenvalue weighted by atomic mass is 19.4. The topological polar surface area (TPSA) is 27.7 Å². The van der Waals surface area contributed by atoms with Crippen LogP contribution in [0.15, 0.2) is 12.1 Å². The third kappa shape index (κ3) is 4.28. The van der Waals surface area contributed by atoms with Crippen molar-refractivity contribution in [1.29, 1.82) is 0 Å². The van der Waals surface area contributed by atoms with Crippen molar-refractivity contribution in [3.05, 3.63) is 17.7 Å². The van der Waals surface area contributed by atoms with Gasteiger partial charge in [-0.1, -0.05) is 6.42 Å². The summed E-state index contributed by atoms with van der Waals surface area (Å²) in [5, 5.41) is 0. The van der Waals surface area contributed by atoms with Gasteiger partial charge in [-0.2, -0.15) is 0 Å². The molecule has 3 rings (SSSR count). The summed E-state index contributed by atoms with van der Waals surface area (Å²) in [6, 6.07) is 3.21. The van der Waals surface area contributed by atoms with E-state index in [9.17, 15) is 13.2 Å². The molecule has 0 aliphatic heterocycles. The average Bonchev–Trinajstić information content (AvgIpc) is 2.95. The molecule has 0 bridgehead atoms. The second-order valence-electron chi connectivity index (χ2n) is 6.70. The molecule has 0 saturated heterocycles. The zero-order valence-corrected chi connectivity index (χ0v) is 13.8. The van der Waals surface area contributed by atoms with Gasteiger partial charge in [0.25, 0.3) is 0 Å². The molecule has 6 heteroatoms. The summed E-state index contributed by atoms with van der Waals surface area (Å²) >= 11 is 0. The summed E-state index contributed by atoms with van der Waals surface area (Å²) in [5.41, 5.74) is 0.335. The standard InChI is InChI=1S/C18H23F3O3/c1-12-15(22-11-13-5-4-6-13)9-10-16(17(12)24-18(19,20)21)23-14-7-2-3-8-14/h9-10,13-14H,2-8,11H2,1H3. The second-order valence-corrected chi connectivity index (χ2v) is 6.70. The fourth-order valence-electron chi connectivity index (χ4n) is 3.19. The fraction of sp³-hybridized carbons (Fsp3) is 0.667. The van der Waals surface area contributed by atoms with Crippen LogP contribution in [0, 0.1) is 12.8 Å². The highest BCUT2D eigenvalue weighted by Crippen LogP contribution is 2.42. The van der Waals surface area contributed by atoms with Crippen molar-refractivity contribution in [1.82, 2.24) is 0 Å². The molecule has 1 aromatic carbocycles. The molecule has 0 amide bonds. The Labute approximate surface area is 140 Å². The maximum atomic E-state index is 12.8. The van der Waals surface area contributed by atoms with Crippen molar-refractivity contribution < 1.29 is 27.4 Å². The Kier molecular flexibility index (Phi) is 5.11. The Morgan fingerprint density at radius 2 is 1.67 bits per heavy atom. The van der Waals surface area contributed by atoms with Gasteiger partial charge in [-0.05, 0) is 63.5 Å². The summed E-state index contributed by atoms with van der Waals surface area (Å²) in [6.07, 6.45) is 2.45. The lowest BCUT2D eigenvalue weighted by Gasteiger charge is -2.26. The Hall–Kier alpha value is -1.59. The van der Waals surface area contributed by atoms with Crippen molar-refractivity contribution in [3.8, 4) is 17.2 Å². The first-order valence-corrected chi connectivity index (χ1v) is 8.61. The lowest BCUT2D eigenvalue weighted by Crippen LogP contribution is -2.21. The fourth-order valence-corrected chi connectivity index (χ4v) is 3.19. The summed E-state index contributed by atoms with van der Waals surface area (Å²) in [4.78, 5) is 0. The molecule has 2 fully saturated rings. The van der Waals surface area contributed by atoms with Crippen LogP contribution in [0.3, 0.4) is 0 Å². The SMILES string of the molecule is Cc1c(OCC2CCC2)ccc(OC2CCCC2)c1OC(F)(F)F. The van der Waals surface area contributed by atoms with Crippen LogP contribution < -0.4 is 14.2 Å². The Morgan fingerprint density at radius 3 is 2.25 bits per heavy atom. The number of alkyl halides is 3. The van der Waals surface area contributed by atoms with Gasteiger partial charge >= 0.3 is 6.36 Å². The van der Waals surface area contributed by atoms with E-state index in [1.54, 1.807) is 13.0 Å². The lowest BCUT2D eigenvalue weighted by molar-refractivity contribution is -0.275. The minimum atomic E-state index is -4.76. The molecule has 0 N–H and O–H groups in total. The van der Waals surface area contributed by atoms with Crippen LogP contribution in [0.25, 0.3) is 0 Å². The molecule has 0 aromatic heterocycles.